The van der Waals surface area contributed by atoms with Crippen LogP contribution in [0.4, 0.5) is 0 Å². The number of nitrogens with one attached hydrogen (secondary N) is 1. The molecule has 1 atom stereocenters. The van der Waals surface area contributed by atoms with Gasteiger partial charge in [-0.25, -0.2) is 0 Å². The highest BCUT2D eigenvalue weighted by Crippen LogP contribution is 2.10. The van der Waals surface area contributed by atoms with E-state index in [0.717, 1.165) is 30.3 Å². The number of hydrogen-bond donors (Lipinski definition) is 1. The maximum Gasteiger partial charge on any atom is 0.429 e. The maximum atomic E-state index is 12.4. The van der Waals surface area contributed by atoms with Crippen molar-refractivity contribution in [3.05, 3.63) is 58.6 Å². The van der Waals surface area contributed by atoms with E-state index < -0.39 is 6.92 Å². The van der Waals surface area contributed by atoms with Crippen LogP contribution in [0, 0.1) is 0 Å². The van der Waals surface area contributed by atoms with Gasteiger partial charge in [0.05, 0.1) is 0 Å². The molecule has 1 aliphatic rings. The number of carbonyl (C=O) groups excluding carboxylic acids is 1. The maximum absolute atomic E-state index is 12.4. The number of carbonyl (C=O) groups is 1. The van der Waals surface area contributed by atoms with Crippen molar-refractivity contribution in [2.24, 2.45) is 0 Å². The Morgan fingerprint density at radius 3 is 1.96 bits per heavy atom. The molecule has 0 saturated carbocycles. The Morgan fingerprint density at radius 1 is 1.00 bits per heavy atom. The lowest BCUT2D eigenvalue weighted by atomic mass is 9.55. The molecule has 6 heteroatoms. The summed E-state index contributed by atoms with van der Waals surface area (Å²) in [5.41, 5.74) is 1.76. The summed E-state index contributed by atoms with van der Waals surface area (Å²) in [5, 5.41) is 4.46. The molecule has 0 spiro atoms. The van der Waals surface area contributed by atoms with Gasteiger partial charge in [-0.15, -0.1) is 0 Å². The Labute approximate surface area is 146 Å². The second-order valence-corrected chi connectivity index (χ2v) is 6.44. The highest BCUT2D eigenvalue weighted by Gasteiger charge is 2.30. The number of rotatable bonds is 4. The van der Waals surface area contributed by atoms with Crippen LogP contribution in [-0.4, -0.2) is 25.5 Å². The topological polar surface area (TPSA) is 38.3 Å². The fourth-order valence-corrected chi connectivity index (χ4v) is 2.94. The zero-order valence-electron chi connectivity index (χ0n) is 12.5. The van der Waals surface area contributed by atoms with Crippen molar-refractivity contribution in [2.45, 2.75) is 18.9 Å². The molecular formula is C17H16BCl2NO2. The van der Waals surface area contributed by atoms with E-state index >= 15 is 0 Å². The minimum absolute atomic E-state index is 0.225. The summed E-state index contributed by atoms with van der Waals surface area (Å²) in [5.74, 6) is -0.225. The lowest BCUT2D eigenvalue weighted by Gasteiger charge is -2.18. The van der Waals surface area contributed by atoms with Crippen LogP contribution in [0.5, 0.6) is 0 Å². The molecule has 2 aromatic carbocycles. The van der Waals surface area contributed by atoms with Gasteiger partial charge in [-0.2, -0.15) is 0 Å². The molecule has 118 valence electrons. The molecule has 1 fully saturated rings. The molecule has 1 aliphatic heterocycles. The Balaban J connectivity index is 1.87. The van der Waals surface area contributed by atoms with E-state index in [4.69, 9.17) is 27.9 Å². The van der Waals surface area contributed by atoms with Crippen LogP contribution >= 0.6 is 23.2 Å². The smallest absolute Gasteiger partial charge is 0.429 e. The molecule has 0 bridgehead atoms. The minimum atomic E-state index is -0.473. The Kier molecular flexibility index (Phi) is 5.26. The molecule has 0 aliphatic carbocycles. The zero-order valence-corrected chi connectivity index (χ0v) is 14.0. The summed E-state index contributed by atoms with van der Waals surface area (Å²) in [4.78, 5) is 12.4. The van der Waals surface area contributed by atoms with Crippen molar-refractivity contribution in [3.63, 3.8) is 0 Å². The lowest BCUT2D eigenvalue weighted by molar-refractivity contribution is -0.136. The Bertz CT molecular complexity index is 624. The van der Waals surface area contributed by atoms with Crippen molar-refractivity contribution in [3.8, 4) is 0 Å². The van der Waals surface area contributed by atoms with E-state index in [-0.39, 0.29) is 12.0 Å². The first-order chi connectivity index (χ1) is 11.1. The fourth-order valence-electron chi connectivity index (χ4n) is 2.69. The molecule has 1 heterocycles. The molecule has 0 unspecified atom stereocenters. The third kappa shape index (κ3) is 4.08. The average Bonchev–Trinajstić information content (AvgIpc) is 3.09. The Hall–Kier alpha value is -1.49. The van der Waals surface area contributed by atoms with Crippen LogP contribution < -0.4 is 16.2 Å². The van der Waals surface area contributed by atoms with Gasteiger partial charge in [0.15, 0.2) is 0 Å². The molecule has 3 nitrogen and oxygen atoms in total. The van der Waals surface area contributed by atoms with Gasteiger partial charge in [0.1, 0.15) is 6.04 Å². The molecule has 0 aromatic heterocycles. The first-order valence-corrected chi connectivity index (χ1v) is 8.34. The molecule has 1 N–H and O–H groups in total. The van der Waals surface area contributed by atoms with Crippen LogP contribution in [0.15, 0.2) is 48.5 Å². The zero-order chi connectivity index (χ0) is 16.2. The predicted octanol–water partition coefficient (Wildman–Crippen LogP) is 2.39. The Morgan fingerprint density at radius 2 is 1.52 bits per heavy atom. The van der Waals surface area contributed by atoms with Crippen LogP contribution in [0.2, 0.25) is 10.0 Å². The SMILES string of the molecule is O=C(OB(c1ccc(Cl)cc1)c1ccc(Cl)cc1)[C@@H]1CCCN1. The van der Waals surface area contributed by atoms with E-state index in [9.17, 15) is 4.79 Å². The summed E-state index contributed by atoms with van der Waals surface area (Å²) in [7, 11) is 0. The molecule has 2 aromatic rings. The van der Waals surface area contributed by atoms with E-state index in [2.05, 4.69) is 5.32 Å². The fraction of sp³-hybridized carbons (Fsp3) is 0.235. The quantitative estimate of drug-likeness (QED) is 0.863. The first kappa shape index (κ1) is 16.4. The van der Waals surface area contributed by atoms with Crippen molar-refractivity contribution >= 4 is 47.0 Å². The number of hydrogen-bond acceptors (Lipinski definition) is 3. The lowest BCUT2D eigenvalue weighted by Crippen LogP contribution is -2.49. The second-order valence-electron chi connectivity index (χ2n) is 5.57. The monoisotopic (exact) mass is 347 g/mol. The highest BCUT2D eigenvalue weighted by molar-refractivity contribution is 6.81. The molecule has 0 radical (unpaired) electrons. The van der Waals surface area contributed by atoms with Gasteiger partial charge in [0, 0.05) is 10.0 Å². The van der Waals surface area contributed by atoms with Crippen LogP contribution in [0.3, 0.4) is 0 Å². The standard InChI is InChI=1S/C17H16BCl2NO2/c19-14-7-3-12(4-8-14)18(13-5-9-15(20)10-6-13)23-17(22)16-2-1-11-21-16/h3-10,16,21H,1-2,11H2/t16-/m0/s1. The van der Waals surface area contributed by atoms with Crippen LogP contribution in [0.25, 0.3) is 0 Å². The van der Waals surface area contributed by atoms with Crippen molar-refractivity contribution < 1.29 is 9.45 Å². The molecule has 1 saturated heterocycles. The first-order valence-electron chi connectivity index (χ1n) is 7.58. The van der Waals surface area contributed by atoms with E-state index in [0.29, 0.717) is 10.0 Å². The third-order valence-corrected chi connectivity index (χ3v) is 4.43. The largest absolute Gasteiger partial charge is 0.525 e. The van der Waals surface area contributed by atoms with Gasteiger partial charge in [0.2, 0.25) is 0 Å². The minimum Gasteiger partial charge on any atom is -0.525 e. The normalized spacial score (nSPS) is 17.0. The summed E-state index contributed by atoms with van der Waals surface area (Å²) >= 11 is 11.9. The van der Waals surface area contributed by atoms with Gasteiger partial charge < -0.3 is 9.97 Å². The van der Waals surface area contributed by atoms with Crippen molar-refractivity contribution in [2.75, 3.05) is 6.54 Å². The third-order valence-electron chi connectivity index (χ3n) is 3.92. The van der Waals surface area contributed by atoms with Gasteiger partial charge >= 0.3 is 12.9 Å². The molecule has 3 rings (SSSR count). The summed E-state index contributed by atoms with van der Waals surface area (Å²) in [6.07, 6.45) is 1.80. The predicted molar refractivity (Wildman–Crippen MR) is 95.0 cm³/mol. The van der Waals surface area contributed by atoms with Crippen LogP contribution in [-0.2, 0) is 9.45 Å². The van der Waals surface area contributed by atoms with Gasteiger partial charge in [-0.3, -0.25) is 4.79 Å². The molecule has 23 heavy (non-hydrogen) atoms. The number of halogens is 2. The van der Waals surface area contributed by atoms with E-state index in [1.165, 1.54) is 0 Å². The summed E-state index contributed by atoms with van der Waals surface area (Å²) in [6.45, 7) is 0.381. The molecule has 0 amide bonds. The van der Waals surface area contributed by atoms with E-state index in [1.54, 1.807) is 24.3 Å². The average molecular weight is 348 g/mol. The van der Waals surface area contributed by atoms with Gasteiger partial charge in [-0.1, -0.05) is 47.5 Å². The van der Waals surface area contributed by atoms with Gasteiger partial charge in [0.25, 0.3) is 0 Å². The summed E-state index contributed by atoms with van der Waals surface area (Å²) in [6, 6.07) is 14.4. The van der Waals surface area contributed by atoms with Crippen molar-refractivity contribution in [1.82, 2.24) is 5.32 Å². The number of benzene rings is 2. The van der Waals surface area contributed by atoms with Gasteiger partial charge in [-0.05, 0) is 54.6 Å². The summed E-state index contributed by atoms with van der Waals surface area (Å²) < 4.78 is 5.80. The van der Waals surface area contributed by atoms with E-state index in [1.807, 2.05) is 24.3 Å². The van der Waals surface area contributed by atoms with Crippen molar-refractivity contribution in [1.29, 1.82) is 0 Å². The second kappa shape index (κ2) is 7.39. The van der Waals surface area contributed by atoms with Crippen LogP contribution in [0.1, 0.15) is 12.8 Å². The molecular weight excluding hydrogens is 332 g/mol. The highest BCUT2D eigenvalue weighted by atomic mass is 35.5.